The number of nitrogens with zero attached hydrogens (tertiary/aromatic N) is 1. The fourth-order valence-corrected chi connectivity index (χ4v) is 3.54. The van der Waals surface area contributed by atoms with Crippen molar-refractivity contribution in [3.8, 4) is 12.3 Å². The third-order valence-electron chi connectivity index (χ3n) is 4.13. The molecule has 0 radical (unpaired) electrons. The molecule has 2 aromatic rings. The van der Waals surface area contributed by atoms with Crippen LogP contribution in [0, 0.1) is 12.3 Å². The van der Waals surface area contributed by atoms with Crippen molar-refractivity contribution in [2.24, 2.45) is 0 Å². The molecule has 0 saturated heterocycles. The highest BCUT2D eigenvalue weighted by atomic mass is 79.9. The minimum absolute atomic E-state index is 0.0300. The molecule has 0 bridgehead atoms. The van der Waals surface area contributed by atoms with E-state index in [2.05, 4.69) is 37.8 Å². The fourth-order valence-electron chi connectivity index (χ4n) is 2.91. The van der Waals surface area contributed by atoms with Crippen LogP contribution in [-0.4, -0.2) is 23.3 Å². The first-order valence-electron chi connectivity index (χ1n) is 7.43. The van der Waals surface area contributed by atoms with Gasteiger partial charge >= 0.3 is 0 Å². The second kappa shape index (κ2) is 6.75. The van der Waals surface area contributed by atoms with E-state index >= 15 is 0 Å². The van der Waals surface area contributed by atoms with Crippen LogP contribution >= 0.6 is 31.9 Å². The zero-order valence-corrected chi connectivity index (χ0v) is 16.2. The van der Waals surface area contributed by atoms with Gasteiger partial charge in [-0.3, -0.25) is 14.5 Å². The number of hydrogen-bond acceptors (Lipinski definition) is 3. The van der Waals surface area contributed by atoms with Gasteiger partial charge in [-0.15, -0.1) is 6.42 Å². The van der Waals surface area contributed by atoms with Gasteiger partial charge in [0.15, 0.2) is 11.4 Å². The second-order valence-corrected chi connectivity index (χ2v) is 7.56. The summed E-state index contributed by atoms with van der Waals surface area (Å²) in [4.78, 5) is 26.8. The average Bonchev–Trinajstić information content (AvgIpc) is 2.77. The summed E-state index contributed by atoms with van der Waals surface area (Å²) in [5.74, 6) is 1.51. The van der Waals surface area contributed by atoms with E-state index in [-0.39, 0.29) is 18.7 Å². The molecular formula is C19H13Br2NO3. The Morgan fingerprint density at radius 1 is 1.16 bits per heavy atom. The molecule has 0 spiro atoms. The van der Waals surface area contributed by atoms with Crippen molar-refractivity contribution in [1.29, 1.82) is 0 Å². The molecule has 0 aliphatic carbocycles. The number of carbonyl (C=O) groups excluding carboxylic acids is 2. The van der Waals surface area contributed by atoms with Crippen LogP contribution in [0.5, 0.6) is 0 Å². The van der Waals surface area contributed by atoms with Gasteiger partial charge < -0.3 is 5.11 Å². The van der Waals surface area contributed by atoms with Gasteiger partial charge in [-0.25, -0.2) is 0 Å². The third kappa shape index (κ3) is 3.15. The normalized spacial score (nSPS) is 18.8. The van der Waals surface area contributed by atoms with Gasteiger partial charge in [0.2, 0.25) is 0 Å². The Balaban J connectivity index is 2.01. The third-order valence-corrected chi connectivity index (χ3v) is 5.15. The molecule has 25 heavy (non-hydrogen) atoms. The van der Waals surface area contributed by atoms with Crippen LogP contribution in [0.15, 0.2) is 51.4 Å². The van der Waals surface area contributed by atoms with E-state index in [4.69, 9.17) is 6.42 Å². The van der Waals surface area contributed by atoms with Gasteiger partial charge in [0.25, 0.3) is 5.91 Å². The Morgan fingerprint density at radius 2 is 1.80 bits per heavy atom. The second-order valence-electron chi connectivity index (χ2n) is 5.72. The molecule has 1 atom stereocenters. The zero-order valence-electron chi connectivity index (χ0n) is 13.0. The Morgan fingerprint density at radius 3 is 2.44 bits per heavy atom. The summed E-state index contributed by atoms with van der Waals surface area (Å²) < 4.78 is 1.55. The summed E-state index contributed by atoms with van der Waals surface area (Å²) in [6, 6.07) is 11.9. The number of aliphatic hydroxyl groups is 1. The van der Waals surface area contributed by atoms with Crippen molar-refractivity contribution < 1.29 is 14.7 Å². The highest BCUT2D eigenvalue weighted by Crippen LogP contribution is 2.44. The van der Waals surface area contributed by atoms with Crippen LogP contribution in [0.3, 0.4) is 0 Å². The molecule has 0 saturated carbocycles. The lowest BCUT2D eigenvalue weighted by atomic mass is 9.88. The van der Waals surface area contributed by atoms with Gasteiger partial charge in [0, 0.05) is 20.1 Å². The van der Waals surface area contributed by atoms with E-state index in [0.29, 0.717) is 21.3 Å². The maximum atomic E-state index is 12.8. The summed E-state index contributed by atoms with van der Waals surface area (Å²) in [5.41, 5.74) is -0.596. The summed E-state index contributed by atoms with van der Waals surface area (Å²) in [5, 5.41) is 11.1. The van der Waals surface area contributed by atoms with E-state index in [1.54, 1.807) is 42.5 Å². The Labute approximate surface area is 162 Å². The number of carbonyl (C=O) groups is 2. The van der Waals surface area contributed by atoms with Crippen molar-refractivity contribution >= 4 is 49.2 Å². The lowest BCUT2D eigenvalue weighted by molar-refractivity contribution is -0.135. The molecule has 1 heterocycles. The molecule has 126 valence electrons. The smallest absolute Gasteiger partial charge is 0.265 e. The predicted molar refractivity (Wildman–Crippen MR) is 102 cm³/mol. The van der Waals surface area contributed by atoms with Gasteiger partial charge in [0.1, 0.15) is 0 Å². The number of rotatable bonds is 4. The molecule has 1 aliphatic rings. The number of amides is 1. The number of ketones is 1. The number of benzene rings is 2. The van der Waals surface area contributed by atoms with Crippen LogP contribution < -0.4 is 4.90 Å². The molecule has 4 nitrogen and oxygen atoms in total. The largest absolute Gasteiger partial charge is 0.375 e. The molecule has 1 aliphatic heterocycles. The van der Waals surface area contributed by atoms with Crippen LogP contribution in [-0.2, 0) is 10.4 Å². The van der Waals surface area contributed by atoms with E-state index in [9.17, 15) is 14.7 Å². The minimum atomic E-state index is -1.93. The van der Waals surface area contributed by atoms with E-state index < -0.39 is 11.5 Å². The first-order chi connectivity index (χ1) is 11.9. The van der Waals surface area contributed by atoms with Gasteiger partial charge in [0.05, 0.1) is 18.7 Å². The molecule has 2 aromatic carbocycles. The van der Waals surface area contributed by atoms with E-state index in [1.165, 1.54) is 4.90 Å². The summed E-state index contributed by atoms with van der Waals surface area (Å²) >= 11 is 6.66. The first-order valence-corrected chi connectivity index (χ1v) is 9.02. The van der Waals surface area contributed by atoms with E-state index in [0.717, 1.165) is 4.47 Å². The summed E-state index contributed by atoms with van der Waals surface area (Å²) in [6.45, 7) is 0.0300. The Kier molecular flexibility index (Phi) is 4.83. The molecule has 0 aromatic heterocycles. The van der Waals surface area contributed by atoms with Crippen LogP contribution in [0.1, 0.15) is 22.3 Å². The first kappa shape index (κ1) is 17.9. The van der Waals surface area contributed by atoms with Crippen molar-refractivity contribution in [1.82, 2.24) is 0 Å². The van der Waals surface area contributed by atoms with Crippen molar-refractivity contribution in [2.75, 3.05) is 11.4 Å². The quantitative estimate of drug-likeness (QED) is 0.557. The number of anilines is 1. The van der Waals surface area contributed by atoms with Gasteiger partial charge in [-0.2, -0.15) is 0 Å². The molecule has 0 unspecified atom stereocenters. The van der Waals surface area contributed by atoms with Crippen LogP contribution in [0.2, 0.25) is 0 Å². The molecule has 1 N–H and O–H groups in total. The number of halogens is 2. The minimum Gasteiger partial charge on any atom is -0.375 e. The molecular weight excluding hydrogens is 450 g/mol. The number of Topliss-reactive ketones (excluding diaryl/α,β-unsaturated/α-hetero) is 1. The molecule has 0 fully saturated rings. The van der Waals surface area contributed by atoms with Crippen molar-refractivity contribution in [2.45, 2.75) is 12.0 Å². The summed E-state index contributed by atoms with van der Waals surface area (Å²) in [7, 11) is 0. The van der Waals surface area contributed by atoms with Crippen LogP contribution in [0.4, 0.5) is 5.69 Å². The molecule has 1 amide bonds. The van der Waals surface area contributed by atoms with Crippen LogP contribution in [0.25, 0.3) is 0 Å². The number of hydrogen-bond donors (Lipinski definition) is 1. The monoisotopic (exact) mass is 461 g/mol. The predicted octanol–water partition coefficient (Wildman–Crippen LogP) is 3.65. The Hall–Kier alpha value is -1.94. The lowest BCUT2D eigenvalue weighted by Crippen LogP contribution is -2.42. The summed E-state index contributed by atoms with van der Waals surface area (Å²) in [6.07, 6.45) is 5.00. The molecule has 6 heteroatoms. The van der Waals surface area contributed by atoms with Gasteiger partial charge in [-0.1, -0.05) is 49.9 Å². The number of fused-ring (bicyclic) bond motifs is 1. The zero-order chi connectivity index (χ0) is 18.2. The van der Waals surface area contributed by atoms with Crippen molar-refractivity contribution in [3.63, 3.8) is 0 Å². The van der Waals surface area contributed by atoms with E-state index in [1.807, 2.05) is 0 Å². The molecule has 3 rings (SSSR count). The van der Waals surface area contributed by atoms with Crippen molar-refractivity contribution in [3.05, 3.63) is 62.5 Å². The lowest BCUT2D eigenvalue weighted by Gasteiger charge is -2.22. The maximum absolute atomic E-state index is 12.8. The fraction of sp³-hybridized carbons (Fsp3) is 0.158. The average molecular weight is 463 g/mol. The highest BCUT2D eigenvalue weighted by molar-refractivity contribution is 9.10. The number of terminal acetylenes is 1. The topological polar surface area (TPSA) is 57.6 Å². The maximum Gasteiger partial charge on any atom is 0.265 e. The highest BCUT2D eigenvalue weighted by Gasteiger charge is 2.50. The standard InChI is InChI=1S/C19H13Br2NO3/c1-2-9-22-16-8-7-14(21)10-15(16)19(25,18(22)24)11-17(23)12-3-5-13(20)6-4-12/h1,3-8,10,25H,9,11H2/t19-/m1/s1. The Bertz CT molecular complexity index is 902. The van der Waals surface area contributed by atoms with Gasteiger partial charge in [-0.05, 0) is 30.3 Å². The SMILES string of the molecule is C#CCN1C(=O)[C@@](O)(CC(=O)c2ccc(Br)cc2)c2cc(Br)ccc21.